The fourth-order valence-corrected chi connectivity index (χ4v) is 1.83. The zero-order valence-electron chi connectivity index (χ0n) is 8.80. The van der Waals surface area contributed by atoms with Gasteiger partial charge in [-0.15, -0.1) is 0 Å². The number of benzene rings is 1. The number of aromatic nitrogens is 2. The van der Waals surface area contributed by atoms with Crippen molar-refractivity contribution in [3.05, 3.63) is 46.7 Å². The number of rotatable bonds is 3. The minimum Gasteiger partial charge on any atom is -0.346 e. The quantitative estimate of drug-likeness (QED) is 0.879. The van der Waals surface area contributed by atoms with E-state index in [2.05, 4.69) is 14.7 Å². The van der Waals surface area contributed by atoms with Gasteiger partial charge in [0, 0.05) is 6.54 Å². The highest BCUT2D eigenvalue weighted by Crippen LogP contribution is 2.04. The Bertz CT molecular complexity index is 481. The molecule has 1 aromatic carbocycles. The van der Waals surface area contributed by atoms with E-state index in [1.807, 2.05) is 30.3 Å². The normalized spacial score (nSPS) is 10.1. The Morgan fingerprint density at radius 1 is 1.38 bits per heavy atom. The Hall–Kier alpha value is -1.75. The second kappa shape index (κ2) is 4.85. The zero-order chi connectivity index (χ0) is 11.4. The zero-order valence-corrected chi connectivity index (χ0v) is 9.62. The molecule has 82 valence electrons. The molecule has 1 amide bonds. The van der Waals surface area contributed by atoms with Gasteiger partial charge in [-0.2, -0.15) is 4.37 Å². The maximum absolute atomic E-state index is 11.6. The second-order valence-corrected chi connectivity index (χ2v) is 4.07. The minimum atomic E-state index is -0.172. The summed E-state index contributed by atoms with van der Waals surface area (Å²) in [6.07, 6.45) is 0. The number of nitrogens with zero attached hydrogens (tertiary/aromatic N) is 2. The largest absolute Gasteiger partial charge is 0.346 e. The van der Waals surface area contributed by atoms with E-state index >= 15 is 0 Å². The van der Waals surface area contributed by atoms with Crippen molar-refractivity contribution < 1.29 is 4.79 Å². The molecular weight excluding hydrogens is 222 g/mol. The van der Waals surface area contributed by atoms with Crippen LogP contribution in [0, 0.1) is 6.92 Å². The molecule has 0 spiro atoms. The third-order valence-corrected chi connectivity index (χ3v) is 2.82. The lowest BCUT2D eigenvalue weighted by molar-refractivity contribution is 0.0950. The van der Waals surface area contributed by atoms with Crippen LogP contribution in [0.25, 0.3) is 0 Å². The van der Waals surface area contributed by atoms with Gasteiger partial charge in [0.2, 0.25) is 5.01 Å². The fourth-order valence-electron chi connectivity index (χ4n) is 1.24. The molecule has 0 atom stereocenters. The Labute approximate surface area is 97.5 Å². The highest BCUT2D eigenvalue weighted by Gasteiger charge is 2.09. The van der Waals surface area contributed by atoms with Crippen LogP contribution >= 0.6 is 11.5 Å². The maximum Gasteiger partial charge on any atom is 0.282 e. The van der Waals surface area contributed by atoms with Crippen molar-refractivity contribution in [3.8, 4) is 0 Å². The first kappa shape index (κ1) is 10.8. The number of carbonyl (C=O) groups is 1. The number of nitrogens with one attached hydrogen (secondary N) is 1. The van der Waals surface area contributed by atoms with Gasteiger partial charge in [-0.25, -0.2) is 4.98 Å². The first-order valence-corrected chi connectivity index (χ1v) is 5.65. The topological polar surface area (TPSA) is 54.9 Å². The molecule has 0 radical (unpaired) electrons. The molecule has 1 heterocycles. The molecule has 5 heteroatoms. The van der Waals surface area contributed by atoms with Crippen molar-refractivity contribution in [2.75, 3.05) is 0 Å². The Morgan fingerprint density at radius 2 is 2.12 bits per heavy atom. The van der Waals surface area contributed by atoms with Crippen LogP contribution < -0.4 is 5.32 Å². The van der Waals surface area contributed by atoms with Gasteiger partial charge in [0.25, 0.3) is 5.91 Å². The second-order valence-electron chi connectivity index (χ2n) is 3.32. The third kappa shape index (κ3) is 2.64. The summed E-state index contributed by atoms with van der Waals surface area (Å²) in [7, 11) is 0. The predicted molar refractivity (Wildman–Crippen MR) is 62.3 cm³/mol. The van der Waals surface area contributed by atoms with Gasteiger partial charge in [-0.1, -0.05) is 30.3 Å². The third-order valence-electron chi connectivity index (χ3n) is 2.02. The van der Waals surface area contributed by atoms with Crippen LogP contribution in [0.3, 0.4) is 0 Å². The summed E-state index contributed by atoms with van der Waals surface area (Å²) in [6, 6.07) is 9.75. The predicted octanol–water partition coefficient (Wildman–Crippen LogP) is 1.78. The van der Waals surface area contributed by atoms with Gasteiger partial charge >= 0.3 is 0 Å². The summed E-state index contributed by atoms with van der Waals surface area (Å²) in [5.41, 5.74) is 1.07. The Morgan fingerprint density at radius 3 is 2.75 bits per heavy atom. The van der Waals surface area contributed by atoms with Gasteiger partial charge in [0.15, 0.2) is 0 Å². The SMILES string of the molecule is Cc1nsc(C(=O)NCc2ccccc2)n1. The van der Waals surface area contributed by atoms with Crippen molar-refractivity contribution in [2.45, 2.75) is 13.5 Å². The average molecular weight is 233 g/mol. The van der Waals surface area contributed by atoms with Gasteiger partial charge in [0.05, 0.1) is 0 Å². The van der Waals surface area contributed by atoms with Crippen LogP contribution in [0.1, 0.15) is 21.2 Å². The smallest absolute Gasteiger partial charge is 0.282 e. The first-order chi connectivity index (χ1) is 7.75. The van der Waals surface area contributed by atoms with Crippen LogP contribution in [0.4, 0.5) is 0 Å². The van der Waals surface area contributed by atoms with Crippen LogP contribution in [0.15, 0.2) is 30.3 Å². The van der Waals surface area contributed by atoms with E-state index in [1.165, 1.54) is 0 Å². The number of hydrogen-bond donors (Lipinski definition) is 1. The minimum absolute atomic E-state index is 0.172. The maximum atomic E-state index is 11.6. The van der Waals surface area contributed by atoms with E-state index in [4.69, 9.17) is 0 Å². The number of hydrogen-bond acceptors (Lipinski definition) is 4. The Kier molecular flexibility index (Phi) is 3.26. The lowest BCUT2D eigenvalue weighted by atomic mass is 10.2. The van der Waals surface area contributed by atoms with Crippen molar-refractivity contribution in [2.24, 2.45) is 0 Å². The van der Waals surface area contributed by atoms with Crippen LogP contribution in [-0.2, 0) is 6.54 Å². The molecule has 1 aromatic heterocycles. The molecule has 0 aliphatic heterocycles. The highest BCUT2D eigenvalue weighted by atomic mass is 32.1. The molecular formula is C11H11N3OS. The number of aryl methyl sites for hydroxylation is 1. The summed E-state index contributed by atoms with van der Waals surface area (Å²) in [6.45, 7) is 2.28. The molecule has 4 nitrogen and oxygen atoms in total. The molecule has 2 aromatic rings. The molecule has 2 rings (SSSR count). The molecule has 0 bridgehead atoms. The lowest BCUT2D eigenvalue weighted by Gasteiger charge is -2.01. The lowest BCUT2D eigenvalue weighted by Crippen LogP contribution is -2.22. The highest BCUT2D eigenvalue weighted by molar-refractivity contribution is 7.07. The van der Waals surface area contributed by atoms with Crippen molar-refractivity contribution >= 4 is 17.4 Å². The van der Waals surface area contributed by atoms with E-state index in [1.54, 1.807) is 6.92 Å². The molecule has 0 unspecified atom stereocenters. The van der Waals surface area contributed by atoms with Crippen molar-refractivity contribution in [1.82, 2.24) is 14.7 Å². The van der Waals surface area contributed by atoms with E-state index in [0.717, 1.165) is 17.1 Å². The van der Waals surface area contributed by atoms with Gasteiger partial charge in [-0.3, -0.25) is 4.79 Å². The van der Waals surface area contributed by atoms with Crippen LogP contribution in [0.2, 0.25) is 0 Å². The van der Waals surface area contributed by atoms with Crippen molar-refractivity contribution in [3.63, 3.8) is 0 Å². The van der Waals surface area contributed by atoms with Gasteiger partial charge in [-0.05, 0) is 24.0 Å². The monoisotopic (exact) mass is 233 g/mol. The van der Waals surface area contributed by atoms with Crippen LogP contribution in [0.5, 0.6) is 0 Å². The standard InChI is InChI=1S/C11H11N3OS/c1-8-13-11(16-14-8)10(15)12-7-9-5-3-2-4-6-9/h2-6H,7H2,1H3,(H,12,15). The number of amides is 1. The fraction of sp³-hybridized carbons (Fsp3) is 0.182. The molecule has 0 aliphatic rings. The van der Waals surface area contributed by atoms with Gasteiger partial charge in [0.1, 0.15) is 5.82 Å². The molecule has 0 aliphatic carbocycles. The van der Waals surface area contributed by atoms with Gasteiger partial charge < -0.3 is 5.32 Å². The first-order valence-electron chi connectivity index (χ1n) is 4.88. The summed E-state index contributed by atoms with van der Waals surface area (Å²) in [4.78, 5) is 15.6. The summed E-state index contributed by atoms with van der Waals surface area (Å²) in [5, 5.41) is 3.21. The number of carbonyl (C=O) groups excluding carboxylic acids is 1. The van der Waals surface area contributed by atoms with E-state index < -0.39 is 0 Å². The summed E-state index contributed by atoms with van der Waals surface area (Å²) >= 11 is 1.12. The van der Waals surface area contributed by atoms with Crippen LogP contribution in [-0.4, -0.2) is 15.3 Å². The van der Waals surface area contributed by atoms with E-state index in [0.29, 0.717) is 17.4 Å². The molecule has 1 N–H and O–H groups in total. The van der Waals surface area contributed by atoms with E-state index in [-0.39, 0.29) is 5.91 Å². The molecule has 16 heavy (non-hydrogen) atoms. The van der Waals surface area contributed by atoms with Crippen molar-refractivity contribution in [1.29, 1.82) is 0 Å². The van der Waals surface area contributed by atoms with E-state index in [9.17, 15) is 4.79 Å². The molecule has 0 fully saturated rings. The molecule has 0 saturated carbocycles. The molecule has 0 saturated heterocycles. The summed E-state index contributed by atoms with van der Waals surface area (Å²) in [5.74, 6) is 0.462. The summed E-state index contributed by atoms with van der Waals surface area (Å²) < 4.78 is 3.96. The average Bonchev–Trinajstić information content (AvgIpc) is 2.74. The Balaban J connectivity index is 1.94.